The minimum absolute atomic E-state index is 0.0213. The van der Waals surface area contributed by atoms with Crippen LogP contribution in [0.15, 0.2) is 0 Å². The third-order valence-corrected chi connectivity index (χ3v) is 1.02. The van der Waals surface area contributed by atoms with Crippen molar-refractivity contribution in [3.05, 3.63) is 0 Å². The van der Waals surface area contributed by atoms with E-state index in [4.69, 9.17) is 16.6 Å². The van der Waals surface area contributed by atoms with E-state index in [1.54, 1.807) is 0 Å². The van der Waals surface area contributed by atoms with Gasteiger partial charge in [0.15, 0.2) is 0 Å². The molecule has 14 heavy (non-hydrogen) atoms. The average molecular weight is 205 g/mol. The van der Waals surface area contributed by atoms with Gasteiger partial charge in [-0.25, -0.2) is 0 Å². The fourth-order valence-corrected chi connectivity index (χ4v) is 0.421. The summed E-state index contributed by atoms with van der Waals surface area (Å²) in [4.78, 5) is 29.4. The van der Waals surface area contributed by atoms with Crippen LogP contribution in [0.3, 0.4) is 0 Å². The molecule has 0 radical (unpaired) electrons. The number of hydrogen-bond acceptors (Lipinski definition) is 4. The quantitative estimate of drug-likeness (QED) is 0.425. The third-order valence-electron chi connectivity index (χ3n) is 1.02. The molecule has 0 rings (SSSR count). The molecule has 0 heterocycles. The van der Waals surface area contributed by atoms with Crippen molar-refractivity contribution in [2.45, 2.75) is 25.8 Å². The molecule has 0 aromatic carbocycles. The number of carboxylic acids is 1. The van der Waals surface area contributed by atoms with Gasteiger partial charge in [0, 0.05) is 13.3 Å². The van der Waals surface area contributed by atoms with E-state index in [9.17, 15) is 14.4 Å². The van der Waals surface area contributed by atoms with Crippen molar-refractivity contribution in [2.75, 3.05) is 0 Å². The topological polar surface area (TPSA) is 150 Å². The Morgan fingerprint density at radius 3 is 1.86 bits per heavy atom. The lowest BCUT2D eigenvalue weighted by Crippen LogP contribution is -2.31. The van der Waals surface area contributed by atoms with Gasteiger partial charge in [0.05, 0.1) is 0 Å². The highest BCUT2D eigenvalue weighted by Gasteiger charge is 2.11. The summed E-state index contributed by atoms with van der Waals surface area (Å²) in [6, 6.07) is -0.979. The number of primary amides is 2. The van der Waals surface area contributed by atoms with Crippen LogP contribution in [0, 0.1) is 0 Å². The van der Waals surface area contributed by atoms with Crippen LogP contribution < -0.4 is 17.2 Å². The number of nitrogens with two attached hydrogens (primary N) is 3. The second-order valence-electron chi connectivity index (χ2n) is 2.56. The predicted octanol–water partition coefficient (Wildman–Crippen LogP) is -1.84. The van der Waals surface area contributed by atoms with Crippen molar-refractivity contribution >= 4 is 17.8 Å². The first kappa shape index (κ1) is 14.9. The molecule has 7 nitrogen and oxygen atoms in total. The van der Waals surface area contributed by atoms with Gasteiger partial charge in [0.2, 0.25) is 11.8 Å². The van der Waals surface area contributed by atoms with Crippen LogP contribution in [0.4, 0.5) is 0 Å². The van der Waals surface area contributed by atoms with Crippen LogP contribution in [-0.4, -0.2) is 28.9 Å². The molecule has 0 saturated heterocycles. The van der Waals surface area contributed by atoms with E-state index in [2.05, 4.69) is 5.73 Å². The fraction of sp³-hybridized carbons (Fsp3) is 0.571. The Labute approximate surface area is 81.2 Å². The Balaban J connectivity index is 0. The zero-order chi connectivity index (χ0) is 11.7. The van der Waals surface area contributed by atoms with Crippen LogP contribution >= 0.6 is 0 Å². The number of rotatable bonds is 4. The smallest absolute Gasteiger partial charge is 0.320 e. The SMILES string of the molecule is CC(N)=O.NC(=O)CCC(N)C(=O)O. The van der Waals surface area contributed by atoms with E-state index in [0.29, 0.717) is 0 Å². The molecule has 2 amide bonds. The summed E-state index contributed by atoms with van der Waals surface area (Å²) in [5, 5.41) is 8.22. The first-order valence-electron chi connectivity index (χ1n) is 3.80. The second kappa shape index (κ2) is 7.99. The zero-order valence-electron chi connectivity index (χ0n) is 7.90. The summed E-state index contributed by atoms with van der Waals surface area (Å²) < 4.78 is 0. The summed E-state index contributed by atoms with van der Waals surface area (Å²) in [5.74, 6) is -1.97. The van der Waals surface area contributed by atoms with Gasteiger partial charge >= 0.3 is 5.97 Å². The number of amides is 2. The number of aliphatic carboxylic acids is 1. The fourth-order valence-electron chi connectivity index (χ4n) is 0.421. The number of carbonyl (C=O) groups is 3. The number of hydrogen-bond donors (Lipinski definition) is 4. The monoisotopic (exact) mass is 205 g/mol. The highest BCUT2D eigenvalue weighted by Crippen LogP contribution is 1.92. The van der Waals surface area contributed by atoms with Gasteiger partial charge in [-0.2, -0.15) is 0 Å². The molecule has 0 fully saturated rings. The lowest BCUT2D eigenvalue weighted by Gasteiger charge is -2.01. The first-order valence-corrected chi connectivity index (χ1v) is 3.80. The normalized spacial score (nSPS) is 10.7. The lowest BCUT2D eigenvalue weighted by atomic mass is 10.2. The highest BCUT2D eigenvalue weighted by atomic mass is 16.4. The second-order valence-corrected chi connectivity index (χ2v) is 2.56. The molecule has 0 aromatic rings. The minimum Gasteiger partial charge on any atom is -0.480 e. The molecule has 1 unspecified atom stereocenters. The maximum atomic E-state index is 10.1. The molecule has 0 aromatic heterocycles. The van der Waals surface area contributed by atoms with E-state index in [0.717, 1.165) is 0 Å². The van der Waals surface area contributed by atoms with Crippen LogP contribution in [0.1, 0.15) is 19.8 Å². The Bertz CT molecular complexity index is 213. The van der Waals surface area contributed by atoms with Crippen LogP contribution in [-0.2, 0) is 14.4 Å². The average Bonchev–Trinajstić information content (AvgIpc) is 1.98. The lowest BCUT2D eigenvalue weighted by molar-refractivity contribution is -0.138. The van der Waals surface area contributed by atoms with Gasteiger partial charge < -0.3 is 22.3 Å². The molecular weight excluding hydrogens is 190 g/mol. The van der Waals surface area contributed by atoms with E-state index in [1.165, 1.54) is 6.92 Å². The molecule has 7 N–H and O–H groups in total. The molecule has 0 aliphatic rings. The maximum absolute atomic E-state index is 10.1. The van der Waals surface area contributed by atoms with Gasteiger partial charge in [-0.05, 0) is 6.42 Å². The van der Waals surface area contributed by atoms with Gasteiger partial charge in [-0.15, -0.1) is 0 Å². The summed E-state index contributed by atoms with van der Waals surface area (Å²) in [7, 11) is 0. The van der Waals surface area contributed by atoms with Crippen molar-refractivity contribution in [3.63, 3.8) is 0 Å². The molecule has 0 bridgehead atoms. The van der Waals surface area contributed by atoms with E-state index < -0.39 is 17.9 Å². The van der Waals surface area contributed by atoms with Crippen molar-refractivity contribution in [2.24, 2.45) is 17.2 Å². The number of carboxylic acid groups (broad SMARTS) is 1. The zero-order valence-corrected chi connectivity index (χ0v) is 7.90. The maximum Gasteiger partial charge on any atom is 0.320 e. The number of carbonyl (C=O) groups excluding carboxylic acids is 2. The standard InChI is InChI=1S/C5H10N2O3.C2H5NO/c6-3(5(9)10)1-2-4(7)8;1-2(3)4/h3H,1-2,6H2,(H2,7,8)(H,9,10);1H3,(H2,3,4). The summed E-state index contributed by atoms with van der Waals surface area (Å²) in [6.07, 6.45) is 0.123. The van der Waals surface area contributed by atoms with Gasteiger partial charge in [0.25, 0.3) is 0 Å². The van der Waals surface area contributed by atoms with Crippen molar-refractivity contribution < 1.29 is 19.5 Å². The summed E-state index contributed by atoms with van der Waals surface area (Å²) in [6.45, 7) is 1.31. The Hall–Kier alpha value is -1.63. The van der Waals surface area contributed by atoms with Crippen molar-refractivity contribution in [3.8, 4) is 0 Å². The third kappa shape index (κ3) is 16.8. The van der Waals surface area contributed by atoms with Gasteiger partial charge in [-0.3, -0.25) is 14.4 Å². The molecular formula is C7H15N3O4. The highest BCUT2D eigenvalue weighted by molar-refractivity contribution is 5.76. The molecule has 0 aliphatic heterocycles. The van der Waals surface area contributed by atoms with Crippen molar-refractivity contribution in [1.29, 1.82) is 0 Å². The largest absolute Gasteiger partial charge is 0.480 e. The molecule has 0 saturated carbocycles. The van der Waals surface area contributed by atoms with E-state index >= 15 is 0 Å². The molecule has 7 heteroatoms. The van der Waals surface area contributed by atoms with Gasteiger partial charge in [-0.1, -0.05) is 0 Å². The van der Waals surface area contributed by atoms with E-state index in [1.807, 2.05) is 0 Å². The molecule has 1 atom stereocenters. The Morgan fingerprint density at radius 1 is 1.29 bits per heavy atom. The summed E-state index contributed by atoms with van der Waals surface area (Å²) in [5.41, 5.74) is 14.3. The Kier molecular flexibility index (Phi) is 8.49. The predicted molar refractivity (Wildman–Crippen MR) is 48.9 cm³/mol. The van der Waals surface area contributed by atoms with Crippen LogP contribution in [0.5, 0.6) is 0 Å². The van der Waals surface area contributed by atoms with E-state index in [-0.39, 0.29) is 18.7 Å². The molecule has 0 spiro atoms. The first-order chi connectivity index (χ1) is 6.27. The van der Waals surface area contributed by atoms with Gasteiger partial charge in [0.1, 0.15) is 6.04 Å². The summed E-state index contributed by atoms with van der Waals surface area (Å²) >= 11 is 0. The van der Waals surface area contributed by atoms with Crippen LogP contribution in [0.2, 0.25) is 0 Å². The molecule has 82 valence electrons. The van der Waals surface area contributed by atoms with Crippen molar-refractivity contribution in [1.82, 2.24) is 0 Å². The van der Waals surface area contributed by atoms with Crippen LogP contribution in [0.25, 0.3) is 0 Å². The minimum atomic E-state index is -1.11. The Morgan fingerprint density at radius 2 is 1.64 bits per heavy atom. The molecule has 0 aliphatic carbocycles.